The fourth-order valence-electron chi connectivity index (χ4n) is 3.66. The quantitative estimate of drug-likeness (QED) is 0.387. The number of hydrogen-bond donors (Lipinski definition) is 1. The molecule has 0 fully saturated rings. The van der Waals surface area contributed by atoms with E-state index in [1.54, 1.807) is 7.11 Å². The molecule has 4 aromatic rings. The molecule has 160 valence electrons. The molecule has 1 unspecified atom stereocenters. The van der Waals surface area contributed by atoms with Gasteiger partial charge in [0.1, 0.15) is 5.75 Å². The highest BCUT2D eigenvalue weighted by Gasteiger charge is 2.16. The van der Waals surface area contributed by atoms with Gasteiger partial charge in [0.15, 0.2) is 0 Å². The summed E-state index contributed by atoms with van der Waals surface area (Å²) in [5, 5.41) is 3.04. The molecule has 1 amide bonds. The van der Waals surface area contributed by atoms with Gasteiger partial charge in [-0.1, -0.05) is 48.5 Å². The summed E-state index contributed by atoms with van der Waals surface area (Å²) in [4.78, 5) is 17.2. The molecule has 0 bridgehead atoms. The smallest absolute Gasteiger partial charge is 0.231 e. The number of nitrogens with zero attached hydrogens (tertiary/aromatic N) is 1. The lowest BCUT2D eigenvalue weighted by atomic mass is 9.95. The second kappa shape index (κ2) is 9.48. The predicted molar refractivity (Wildman–Crippen MR) is 130 cm³/mol. The van der Waals surface area contributed by atoms with Crippen molar-refractivity contribution >= 4 is 11.6 Å². The van der Waals surface area contributed by atoms with Crippen molar-refractivity contribution in [1.29, 1.82) is 0 Å². The molecule has 0 radical (unpaired) electrons. The number of rotatable bonds is 6. The molecule has 0 aliphatic rings. The van der Waals surface area contributed by atoms with Gasteiger partial charge in [-0.05, 0) is 78.1 Å². The SMILES string of the molecule is COc1cccc(-c2cccc(C(C)C(=O)Nc3ccc(-c4ccnc(C)c4)cc3)c2)c1. The van der Waals surface area contributed by atoms with Gasteiger partial charge in [0.2, 0.25) is 5.91 Å². The Bertz CT molecular complexity index is 1230. The maximum absolute atomic E-state index is 12.9. The number of amides is 1. The van der Waals surface area contributed by atoms with Crippen LogP contribution in [0.4, 0.5) is 5.69 Å². The van der Waals surface area contributed by atoms with Crippen LogP contribution in [0.3, 0.4) is 0 Å². The van der Waals surface area contributed by atoms with Gasteiger partial charge in [-0.25, -0.2) is 0 Å². The van der Waals surface area contributed by atoms with Crippen molar-refractivity contribution in [3.05, 3.63) is 102 Å². The van der Waals surface area contributed by atoms with Crippen LogP contribution in [0.1, 0.15) is 24.1 Å². The lowest BCUT2D eigenvalue weighted by Gasteiger charge is -2.14. The fraction of sp³-hybridized carbons (Fsp3) is 0.143. The number of pyridine rings is 1. The second-order valence-electron chi connectivity index (χ2n) is 7.83. The van der Waals surface area contributed by atoms with E-state index < -0.39 is 0 Å². The summed E-state index contributed by atoms with van der Waals surface area (Å²) in [7, 11) is 1.66. The van der Waals surface area contributed by atoms with E-state index in [-0.39, 0.29) is 11.8 Å². The van der Waals surface area contributed by atoms with Crippen molar-refractivity contribution in [2.45, 2.75) is 19.8 Å². The third-order valence-electron chi connectivity index (χ3n) is 5.57. The van der Waals surface area contributed by atoms with Crippen LogP contribution in [0.25, 0.3) is 22.3 Å². The molecule has 1 N–H and O–H groups in total. The van der Waals surface area contributed by atoms with E-state index in [0.29, 0.717) is 0 Å². The van der Waals surface area contributed by atoms with Crippen LogP contribution in [0.2, 0.25) is 0 Å². The number of carbonyl (C=O) groups excluding carboxylic acids is 1. The van der Waals surface area contributed by atoms with E-state index in [2.05, 4.69) is 16.4 Å². The van der Waals surface area contributed by atoms with Gasteiger partial charge in [0, 0.05) is 17.6 Å². The fourth-order valence-corrected chi connectivity index (χ4v) is 3.66. The van der Waals surface area contributed by atoms with Crippen LogP contribution < -0.4 is 10.1 Å². The van der Waals surface area contributed by atoms with Crippen molar-refractivity contribution in [2.75, 3.05) is 12.4 Å². The third kappa shape index (κ3) is 4.86. The Kier molecular flexibility index (Phi) is 6.31. The summed E-state index contributed by atoms with van der Waals surface area (Å²) < 4.78 is 5.33. The van der Waals surface area contributed by atoms with Gasteiger partial charge in [0.05, 0.1) is 13.0 Å². The van der Waals surface area contributed by atoms with Crippen LogP contribution >= 0.6 is 0 Å². The van der Waals surface area contributed by atoms with Gasteiger partial charge >= 0.3 is 0 Å². The monoisotopic (exact) mass is 422 g/mol. The normalized spacial score (nSPS) is 11.6. The number of nitrogens with one attached hydrogen (secondary N) is 1. The lowest BCUT2D eigenvalue weighted by Crippen LogP contribution is -2.18. The Labute approximate surface area is 188 Å². The van der Waals surface area contributed by atoms with Crippen molar-refractivity contribution in [3.63, 3.8) is 0 Å². The predicted octanol–water partition coefficient (Wildman–Crippen LogP) is 6.47. The summed E-state index contributed by atoms with van der Waals surface area (Å²) in [6.07, 6.45) is 1.81. The molecule has 4 nitrogen and oxygen atoms in total. The Morgan fingerprint density at radius 1 is 0.844 bits per heavy atom. The van der Waals surface area contributed by atoms with Crippen molar-refractivity contribution in [1.82, 2.24) is 4.98 Å². The number of anilines is 1. The number of benzene rings is 3. The standard InChI is InChI=1S/C28H26N2O2/c1-19-16-25(14-15-29-19)21-10-12-26(13-11-21)30-28(31)20(2)22-6-4-7-23(17-22)24-8-5-9-27(18-24)32-3/h4-18,20H,1-3H3,(H,30,31). The summed E-state index contributed by atoms with van der Waals surface area (Å²) >= 11 is 0. The summed E-state index contributed by atoms with van der Waals surface area (Å²) in [6, 6.07) is 27.9. The highest BCUT2D eigenvalue weighted by molar-refractivity contribution is 5.96. The molecule has 1 heterocycles. The Hall–Kier alpha value is -3.92. The molecule has 4 heteroatoms. The zero-order chi connectivity index (χ0) is 22.5. The van der Waals surface area contributed by atoms with Crippen LogP contribution in [0.5, 0.6) is 5.75 Å². The number of aromatic nitrogens is 1. The molecule has 1 aromatic heterocycles. The second-order valence-corrected chi connectivity index (χ2v) is 7.83. The van der Waals surface area contributed by atoms with E-state index in [9.17, 15) is 4.79 Å². The van der Waals surface area contributed by atoms with E-state index in [1.807, 2.05) is 98.9 Å². The zero-order valence-corrected chi connectivity index (χ0v) is 18.5. The Morgan fingerprint density at radius 2 is 1.53 bits per heavy atom. The average molecular weight is 423 g/mol. The first-order valence-corrected chi connectivity index (χ1v) is 10.6. The van der Waals surface area contributed by atoms with Gasteiger partial charge < -0.3 is 10.1 Å². The Morgan fingerprint density at radius 3 is 2.25 bits per heavy atom. The van der Waals surface area contributed by atoms with Crippen LogP contribution in [0, 0.1) is 6.92 Å². The molecule has 1 atom stereocenters. The molecule has 0 saturated carbocycles. The van der Waals surface area contributed by atoms with Crippen molar-refractivity contribution in [2.24, 2.45) is 0 Å². The number of carbonyl (C=O) groups is 1. The number of aryl methyl sites for hydroxylation is 1. The zero-order valence-electron chi connectivity index (χ0n) is 18.5. The number of ether oxygens (including phenoxy) is 1. The van der Waals surface area contributed by atoms with E-state index >= 15 is 0 Å². The summed E-state index contributed by atoms with van der Waals surface area (Å²) in [5.74, 6) is 0.479. The van der Waals surface area contributed by atoms with Crippen LogP contribution in [0.15, 0.2) is 91.1 Å². The average Bonchev–Trinajstić information content (AvgIpc) is 2.84. The van der Waals surface area contributed by atoms with Crippen molar-refractivity contribution < 1.29 is 9.53 Å². The van der Waals surface area contributed by atoms with E-state index in [1.165, 1.54) is 0 Å². The summed E-state index contributed by atoms with van der Waals surface area (Å²) in [5.41, 5.74) is 7.03. The molecule has 0 spiro atoms. The van der Waals surface area contributed by atoms with Gasteiger partial charge in [-0.3, -0.25) is 9.78 Å². The minimum Gasteiger partial charge on any atom is -0.497 e. The maximum Gasteiger partial charge on any atom is 0.231 e. The van der Waals surface area contributed by atoms with E-state index in [4.69, 9.17) is 4.74 Å². The highest BCUT2D eigenvalue weighted by atomic mass is 16.5. The number of hydrogen-bond acceptors (Lipinski definition) is 3. The van der Waals surface area contributed by atoms with Gasteiger partial charge in [0.25, 0.3) is 0 Å². The molecule has 0 aliphatic carbocycles. The number of methoxy groups -OCH3 is 1. The van der Waals surface area contributed by atoms with Crippen LogP contribution in [-0.2, 0) is 4.79 Å². The largest absolute Gasteiger partial charge is 0.497 e. The molecule has 4 rings (SSSR count). The molecule has 0 saturated heterocycles. The lowest BCUT2D eigenvalue weighted by molar-refractivity contribution is -0.117. The minimum atomic E-state index is -0.289. The minimum absolute atomic E-state index is 0.0414. The molecule has 32 heavy (non-hydrogen) atoms. The highest BCUT2D eigenvalue weighted by Crippen LogP contribution is 2.28. The van der Waals surface area contributed by atoms with Gasteiger partial charge in [-0.15, -0.1) is 0 Å². The topological polar surface area (TPSA) is 51.2 Å². The molecule has 0 aliphatic heterocycles. The first-order chi connectivity index (χ1) is 15.5. The maximum atomic E-state index is 12.9. The van der Waals surface area contributed by atoms with Crippen molar-refractivity contribution in [3.8, 4) is 28.0 Å². The first-order valence-electron chi connectivity index (χ1n) is 10.6. The summed E-state index contributed by atoms with van der Waals surface area (Å²) in [6.45, 7) is 3.90. The third-order valence-corrected chi connectivity index (χ3v) is 5.57. The van der Waals surface area contributed by atoms with Crippen LogP contribution in [-0.4, -0.2) is 18.0 Å². The van der Waals surface area contributed by atoms with Gasteiger partial charge in [-0.2, -0.15) is 0 Å². The first kappa shape index (κ1) is 21.3. The van der Waals surface area contributed by atoms with E-state index in [0.717, 1.165) is 44.9 Å². The molecular weight excluding hydrogens is 396 g/mol. The molecular formula is C28H26N2O2. The Balaban J connectivity index is 1.48. The molecule has 3 aromatic carbocycles.